The van der Waals surface area contributed by atoms with Gasteiger partial charge in [-0.05, 0) is 31.4 Å². The molecule has 0 amide bonds. The van der Waals surface area contributed by atoms with E-state index in [0.717, 1.165) is 18.4 Å². The number of hydrogen-bond donors (Lipinski definition) is 0. The van der Waals surface area contributed by atoms with Crippen LogP contribution >= 0.6 is 0 Å². The third kappa shape index (κ3) is 2.01. The number of ether oxygens (including phenoxy) is 1. The maximum atomic E-state index is 11.7. The van der Waals surface area contributed by atoms with E-state index in [1.807, 2.05) is 6.07 Å². The van der Waals surface area contributed by atoms with Gasteiger partial charge in [-0.1, -0.05) is 0 Å². The number of rotatable bonds is 3. The van der Waals surface area contributed by atoms with E-state index in [2.05, 4.69) is 0 Å². The monoisotopic (exact) mass is 221 g/mol. The van der Waals surface area contributed by atoms with Gasteiger partial charge in [-0.25, -0.2) is 0 Å². The number of carbonyl (C=O) groups excluding carboxylic acids is 2. The third-order valence-corrected chi connectivity index (χ3v) is 2.77. The Balaban J connectivity index is 2.19. The van der Waals surface area contributed by atoms with Crippen molar-refractivity contribution in [3.8, 4) is 0 Å². The normalized spacial score (nSPS) is 14.7. The molecule has 4 heteroatoms. The fraction of sp³-hybridized carbons (Fsp3) is 0.500. The zero-order valence-electron chi connectivity index (χ0n) is 9.36. The highest BCUT2D eigenvalue weighted by Crippen LogP contribution is 2.22. The maximum Gasteiger partial charge on any atom is 0.325 e. The lowest BCUT2D eigenvalue weighted by Crippen LogP contribution is -2.19. The molecular weight excluding hydrogens is 206 g/mol. The van der Waals surface area contributed by atoms with Gasteiger partial charge in [0, 0.05) is 12.6 Å². The summed E-state index contributed by atoms with van der Waals surface area (Å²) in [5.74, 6) is -0.158. The van der Waals surface area contributed by atoms with Crippen LogP contribution in [0.1, 0.15) is 35.8 Å². The summed E-state index contributed by atoms with van der Waals surface area (Å²) in [7, 11) is 0. The van der Waals surface area contributed by atoms with Gasteiger partial charge < -0.3 is 9.30 Å². The van der Waals surface area contributed by atoms with Gasteiger partial charge in [0.2, 0.25) is 0 Å². The Kier molecular flexibility index (Phi) is 3.08. The molecule has 1 aliphatic rings. The van der Waals surface area contributed by atoms with E-state index in [0.29, 0.717) is 18.7 Å². The van der Waals surface area contributed by atoms with Gasteiger partial charge in [0.05, 0.1) is 12.3 Å². The molecule has 0 spiro atoms. The van der Waals surface area contributed by atoms with Crippen molar-refractivity contribution in [2.75, 3.05) is 6.61 Å². The molecule has 1 aliphatic carbocycles. The molecule has 0 saturated heterocycles. The van der Waals surface area contributed by atoms with Crippen LogP contribution in [-0.4, -0.2) is 22.9 Å². The minimum Gasteiger partial charge on any atom is -0.465 e. The molecule has 86 valence electrons. The molecule has 0 radical (unpaired) electrons. The van der Waals surface area contributed by atoms with E-state index in [-0.39, 0.29) is 18.3 Å². The standard InChI is InChI=1S/C12H15NO3/c1-2-16-11(15)8-13-7-6-9-4-3-5-10(14)12(9)13/h6-7H,2-5,8H2,1H3. The summed E-state index contributed by atoms with van der Waals surface area (Å²) in [6, 6.07) is 1.92. The fourth-order valence-electron chi connectivity index (χ4n) is 2.09. The van der Waals surface area contributed by atoms with Gasteiger partial charge >= 0.3 is 5.97 Å². The zero-order valence-corrected chi connectivity index (χ0v) is 9.36. The summed E-state index contributed by atoms with van der Waals surface area (Å²) >= 11 is 0. The lowest BCUT2D eigenvalue weighted by molar-refractivity contribution is -0.143. The number of esters is 1. The Hall–Kier alpha value is -1.58. The van der Waals surface area contributed by atoms with Crippen molar-refractivity contribution in [2.45, 2.75) is 32.7 Å². The van der Waals surface area contributed by atoms with E-state index in [1.54, 1.807) is 17.7 Å². The molecule has 0 fully saturated rings. The van der Waals surface area contributed by atoms with Gasteiger partial charge in [-0.3, -0.25) is 9.59 Å². The van der Waals surface area contributed by atoms with Crippen molar-refractivity contribution in [2.24, 2.45) is 0 Å². The molecule has 1 aromatic rings. The molecule has 0 aromatic carbocycles. The second-order valence-corrected chi connectivity index (χ2v) is 3.90. The van der Waals surface area contributed by atoms with Gasteiger partial charge in [-0.15, -0.1) is 0 Å². The molecule has 0 N–H and O–H groups in total. The Morgan fingerprint density at radius 3 is 3.06 bits per heavy atom. The molecule has 16 heavy (non-hydrogen) atoms. The molecule has 0 unspecified atom stereocenters. The van der Waals surface area contributed by atoms with Crippen LogP contribution in [0, 0.1) is 0 Å². The number of fused-ring (bicyclic) bond motifs is 1. The van der Waals surface area contributed by atoms with Gasteiger partial charge in [0.1, 0.15) is 6.54 Å². The van der Waals surface area contributed by atoms with Crippen LogP contribution in [0.15, 0.2) is 12.3 Å². The number of nitrogens with zero attached hydrogens (tertiary/aromatic N) is 1. The SMILES string of the molecule is CCOC(=O)Cn1ccc2c1C(=O)CCC2. The van der Waals surface area contributed by atoms with E-state index in [9.17, 15) is 9.59 Å². The molecule has 1 aromatic heterocycles. The molecular formula is C12H15NO3. The Bertz CT molecular complexity index is 420. The summed E-state index contributed by atoms with van der Waals surface area (Å²) in [5.41, 5.74) is 1.75. The second kappa shape index (κ2) is 4.51. The van der Waals surface area contributed by atoms with Crippen molar-refractivity contribution in [3.63, 3.8) is 0 Å². The topological polar surface area (TPSA) is 48.3 Å². The summed E-state index contributed by atoms with van der Waals surface area (Å²) in [5, 5.41) is 0. The van der Waals surface area contributed by atoms with Crippen molar-refractivity contribution in [1.29, 1.82) is 0 Å². The minimum atomic E-state index is -0.292. The average molecular weight is 221 g/mol. The Labute approximate surface area is 94.2 Å². The van der Waals surface area contributed by atoms with Crippen LogP contribution in [0.5, 0.6) is 0 Å². The molecule has 0 bridgehead atoms. The zero-order chi connectivity index (χ0) is 11.5. The first-order valence-electron chi connectivity index (χ1n) is 5.59. The maximum absolute atomic E-state index is 11.7. The first kappa shape index (κ1) is 10.9. The molecule has 0 atom stereocenters. The summed E-state index contributed by atoms with van der Waals surface area (Å²) in [4.78, 5) is 23.1. The number of Topliss-reactive ketones (excluding diaryl/α,β-unsaturated/α-hetero) is 1. The molecule has 0 saturated carbocycles. The van der Waals surface area contributed by atoms with E-state index in [4.69, 9.17) is 4.74 Å². The minimum absolute atomic E-state index is 0.134. The van der Waals surface area contributed by atoms with Crippen LogP contribution < -0.4 is 0 Å². The second-order valence-electron chi connectivity index (χ2n) is 3.90. The largest absolute Gasteiger partial charge is 0.465 e. The molecule has 4 nitrogen and oxygen atoms in total. The predicted molar refractivity (Wildman–Crippen MR) is 58.3 cm³/mol. The van der Waals surface area contributed by atoms with Crippen molar-refractivity contribution in [1.82, 2.24) is 4.57 Å². The van der Waals surface area contributed by atoms with Crippen LogP contribution in [0.25, 0.3) is 0 Å². The van der Waals surface area contributed by atoms with Crippen LogP contribution in [-0.2, 0) is 22.5 Å². The number of hydrogen-bond acceptors (Lipinski definition) is 3. The van der Waals surface area contributed by atoms with Crippen molar-refractivity contribution < 1.29 is 14.3 Å². The van der Waals surface area contributed by atoms with Crippen LogP contribution in [0.4, 0.5) is 0 Å². The number of carbonyl (C=O) groups is 2. The number of aromatic nitrogens is 1. The first-order chi connectivity index (χ1) is 7.72. The van der Waals surface area contributed by atoms with Gasteiger partial charge in [0.15, 0.2) is 5.78 Å². The molecule has 2 rings (SSSR count). The van der Waals surface area contributed by atoms with E-state index < -0.39 is 0 Å². The quantitative estimate of drug-likeness (QED) is 0.728. The van der Waals surface area contributed by atoms with Crippen LogP contribution in [0.3, 0.4) is 0 Å². The highest BCUT2D eigenvalue weighted by molar-refractivity contribution is 5.97. The van der Waals surface area contributed by atoms with Gasteiger partial charge in [-0.2, -0.15) is 0 Å². The molecule has 1 heterocycles. The van der Waals surface area contributed by atoms with Gasteiger partial charge in [0.25, 0.3) is 0 Å². The molecule has 0 aliphatic heterocycles. The highest BCUT2D eigenvalue weighted by Gasteiger charge is 2.22. The predicted octanol–water partition coefficient (Wildman–Crippen LogP) is 1.57. The number of ketones is 1. The van der Waals surface area contributed by atoms with Crippen molar-refractivity contribution in [3.05, 3.63) is 23.5 Å². The summed E-state index contributed by atoms with van der Waals surface area (Å²) in [6.07, 6.45) is 4.22. The Morgan fingerprint density at radius 2 is 2.31 bits per heavy atom. The number of aryl methyl sites for hydroxylation is 1. The smallest absolute Gasteiger partial charge is 0.325 e. The lowest BCUT2D eigenvalue weighted by Gasteiger charge is -2.13. The van der Waals surface area contributed by atoms with Crippen molar-refractivity contribution >= 4 is 11.8 Å². The average Bonchev–Trinajstić information content (AvgIpc) is 2.63. The van der Waals surface area contributed by atoms with Crippen LogP contribution in [0.2, 0.25) is 0 Å². The third-order valence-electron chi connectivity index (χ3n) is 2.77. The van der Waals surface area contributed by atoms with E-state index in [1.165, 1.54) is 0 Å². The lowest BCUT2D eigenvalue weighted by atomic mass is 9.97. The Morgan fingerprint density at radius 1 is 1.50 bits per heavy atom. The fourth-order valence-corrected chi connectivity index (χ4v) is 2.09. The summed E-state index contributed by atoms with van der Waals surface area (Å²) < 4.78 is 6.57. The first-order valence-corrected chi connectivity index (χ1v) is 5.59. The van der Waals surface area contributed by atoms with E-state index >= 15 is 0 Å². The summed E-state index contributed by atoms with van der Waals surface area (Å²) in [6.45, 7) is 2.28. The highest BCUT2D eigenvalue weighted by atomic mass is 16.5.